The molecule has 0 spiro atoms. The second kappa shape index (κ2) is 9.18. The first kappa shape index (κ1) is 18.9. The number of hydrogen-bond acceptors (Lipinski definition) is 5. The lowest BCUT2D eigenvalue weighted by molar-refractivity contribution is -0.139. The first-order valence-corrected chi connectivity index (χ1v) is 8.60. The number of ether oxygens (including phenoxy) is 1. The Hall–Kier alpha value is -3.87. The van der Waals surface area contributed by atoms with Gasteiger partial charge in [-0.15, -0.1) is 0 Å². The van der Waals surface area contributed by atoms with Crippen LogP contribution in [0.2, 0.25) is 0 Å². The molecule has 0 atom stereocenters. The van der Waals surface area contributed by atoms with Crippen molar-refractivity contribution in [3.05, 3.63) is 72.3 Å². The van der Waals surface area contributed by atoms with Gasteiger partial charge in [-0.25, -0.2) is 10.2 Å². The minimum Gasteiger partial charge on any atom is -0.482 e. The number of nitrogens with one attached hydrogen (secondary N) is 2. The predicted molar refractivity (Wildman–Crippen MR) is 108 cm³/mol. The molecule has 0 fully saturated rings. The fourth-order valence-corrected chi connectivity index (χ4v) is 2.57. The summed E-state index contributed by atoms with van der Waals surface area (Å²) in [5.41, 5.74) is 4.09. The molecule has 0 aliphatic rings. The fraction of sp³-hybridized carbons (Fsp3) is 0.0952. The summed E-state index contributed by atoms with van der Waals surface area (Å²) in [7, 11) is 0. The molecule has 3 rings (SSSR count). The van der Waals surface area contributed by atoms with E-state index >= 15 is 0 Å². The average molecular weight is 377 g/mol. The van der Waals surface area contributed by atoms with Crippen LogP contribution in [-0.4, -0.2) is 36.3 Å². The zero-order valence-corrected chi connectivity index (χ0v) is 15.0. The summed E-state index contributed by atoms with van der Waals surface area (Å²) in [4.78, 5) is 22.4. The number of rotatable bonds is 8. The van der Waals surface area contributed by atoms with Gasteiger partial charge in [-0.05, 0) is 41.3 Å². The molecule has 3 aromatic carbocycles. The second-order valence-electron chi connectivity index (χ2n) is 5.92. The van der Waals surface area contributed by atoms with Crippen LogP contribution in [-0.2, 0) is 9.59 Å². The monoisotopic (exact) mass is 377 g/mol. The van der Waals surface area contributed by atoms with E-state index in [1.165, 1.54) is 6.21 Å². The Labute approximate surface area is 161 Å². The van der Waals surface area contributed by atoms with Crippen LogP contribution in [0.25, 0.3) is 10.8 Å². The van der Waals surface area contributed by atoms with Gasteiger partial charge in [0, 0.05) is 11.1 Å². The van der Waals surface area contributed by atoms with Crippen molar-refractivity contribution in [3.63, 3.8) is 0 Å². The molecule has 0 aliphatic heterocycles. The van der Waals surface area contributed by atoms with Gasteiger partial charge in [-0.2, -0.15) is 5.10 Å². The van der Waals surface area contributed by atoms with Crippen molar-refractivity contribution in [1.29, 1.82) is 0 Å². The number of hydrazone groups is 1. The highest BCUT2D eigenvalue weighted by molar-refractivity contribution is 5.95. The van der Waals surface area contributed by atoms with Crippen LogP contribution in [0, 0.1) is 0 Å². The molecule has 3 N–H and O–H groups in total. The number of carbonyl (C=O) groups is 2. The third-order valence-electron chi connectivity index (χ3n) is 3.87. The number of amides is 1. The first-order chi connectivity index (χ1) is 13.6. The molecule has 0 bridgehead atoms. The predicted octanol–water partition coefficient (Wildman–Crippen LogP) is 2.87. The third kappa shape index (κ3) is 5.31. The van der Waals surface area contributed by atoms with E-state index in [0.717, 1.165) is 22.0 Å². The number of carboxylic acids is 1. The molecule has 0 radical (unpaired) electrons. The van der Waals surface area contributed by atoms with Crippen molar-refractivity contribution in [1.82, 2.24) is 5.43 Å². The van der Waals surface area contributed by atoms with E-state index in [0.29, 0.717) is 5.75 Å². The standard InChI is InChI=1S/C21H19N3O4/c25-20(13-22-19-7-3-5-16-4-1-2-6-18(16)19)24-23-12-15-8-10-17(11-9-15)28-14-21(26)27/h1-12,22H,13-14H2,(H,24,25)(H,26,27)/b23-12-. The SMILES string of the molecule is O=C(O)COc1ccc(/C=N\NC(=O)CNc2cccc3ccccc23)cc1. The highest BCUT2D eigenvalue weighted by Gasteiger charge is 2.03. The van der Waals surface area contributed by atoms with Crippen molar-refractivity contribution >= 4 is 34.6 Å². The number of aliphatic carboxylic acids is 1. The van der Waals surface area contributed by atoms with Crippen molar-refractivity contribution in [2.45, 2.75) is 0 Å². The number of carboxylic acid groups (broad SMARTS) is 1. The van der Waals surface area contributed by atoms with Crippen LogP contribution in [0.3, 0.4) is 0 Å². The Kier molecular flexibility index (Phi) is 6.20. The third-order valence-corrected chi connectivity index (χ3v) is 3.87. The Bertz CT molecular complexity index is 995. The zero-order chi connectivity index (χ0) is 19.8. The molecule has 0 saturated heterocycles. The summed E-state index contributed by atoms with van der Waals surface area (Å²) in [6, 6.07) is 20.5. The summed E-state index contributed by atoms with van der Waals surface area (Å²) in [5, 5.41) is 17.8. The van der Waals surface area contributed by atoms with E-state index in [2.05, 4.69) is 15.8 Å². The van der Waals surface area contributed by atoms with Gasteiger partial charge >= 0.3 is 5.97 Å². The van der Waals surface area contributed by atoms with Gasteiger partial charge in [0.1, 0.15) is 5.75 Å². The van der Waals surface area contributed by atoms with Crippen molar-refractivity contribution in [3.8, 4) is 5.75 Å². The molecule has 0 saturated carbocycles. The lowest BCUT2D eigenvalue weighted by Crippen LogP contribution is -2.25. The molecule has 0 aliphatic carbocycles. The van der Waals surface area contributed by atoms with E-state index in [9.17, 15) is 9.59 Å². The van der Waals surface area contributed by atoms with Crippen LogP contribution in [0.5, 0.6) is 5.75 Å². The van der Waals surface area contributed by atoms with Crippen molar-refractivity contribution < 1.29 is 19.4 Å². The molecule has 142 valence electrons. The molecule has 3 aromatic rings. The lowest BCUT2D eigenvalue weighted by Gasteiger charge is -2.08. The van der Waals surface area contributed by atoms with Crippen LogP contribution < -0.4 is 15.5 Å². The zero-order valence-electron chi connectivity index (χ0n) is 15.0. The minimum absolute atomic E-state index is 0.0906. The molecular formula is C21H19N3O4. The van der Waals surface area contributed by atoms with Gasteiger partial charge in [0.25, 0.3) is 5.91 Å². The Balaban J connectivity index is 1.49. The summed E-state index contributed by atoms with van der Waals surface area (Å²) in [6.07, 6.45) is 1.50. The highest BCUT2D eigenvalue weighted by Crippen LogP contribution is 2.22. The van der Waals surface area contributed by atoms with E-state index in [4.69, 9.17) is 9.84 Å². The number of anilines is 1. The summed E-state index contributed by atoms with van der Waals surface area (Å²) in [6.45, 7) is -0.305. The fourth-order valence-electron chi connectivity index (χ4n) is 2.57. The average Bonchev–Trinajstić information content (AvgIpc) is 2.71. The quantitative estimate of drug-likeness (QED) is 0.414. The number of hydrogen-bond donors (Lipinski definition) is 3. The normalized spacial score (nSPS) is 10.7. The molecule has 7 nitrogen and oxygen atoms in total. The van der Waals surface area contributed by atoms with Crippen LogP contribution in [0.4, 0.5) is 5.69 Å². The number of fused-ring (bicyclic) bond motifs is 1. The van der Waals surface area contributed by atoms with Gasteiger partial charge in [0.05, 0.1) is 12.8 Å². The van der Waals surface area contributed by atoms with Gasteiger partial charge in [0.15, 0.2) is 6.61 Å². The summed E-state index contributed by atoms with van der Waals surface area (Å²) < 4.78 is 5.05. The highest BCUT2D eigenvalue weighted by atomic mass is 16.5. The molecule has 0 unspecified atom stereocenters. The second-order valence-corrected chi connectivity index (χ2v) is 5.92. The largest absolute Gasteiger partial charge is 0.482 e. The summed E-state index contributed by atoms with van der Waals surface area (Å²) in [5.74, 6) is -0.862. The van der Waals surface area contributed by atoms with Crippen molar-refractivity contribution in [2.24, 2.45) is 5.10 Å². The Morgan fingerprint density at radius 3 is 2.54 bits per heavy atom. The van der Waals surface area contributed by atoms with Gasteiger partial charge < -0.3 is 15.2 Å². The number of benzene rings is 3. The van der Waals surface area contributed by atoms with Gasteiger partial charge in [-0.1, -0.05) is 36.4 Å². The Morgan fingerprint density at radius 2 is 1.75 bits per heavy atom. The molecular weight excluding hydrogens is 358 g/mol. The maximum absolute atomic E-state index is 12.0. The molecule has 0 aromatic heterocycles. The minimum atomic E-state index is -1.04. The number of nitrogens with zero attached hydrogens (tertiary/aromatic N) is 1. The topological polar surface area (TPSA) is 100 Å². The summed E-state index contributed by atoms with van der Waals surface area (Å²) >= 11 is 0. The lowest BCUT2D eigenvalue weighted by atomic mass is 10.1. The van der Waals surface area contributed by atoms with E-state index in [1.807, 2.05) is 42.5 Å². The van der Waals surface area contributed by atoms with Gasteiger partial charge in [0.2, 0.25) is 0 Å². The van der Waals surface area contributed by atoms with E-state index in [-0.39, 0.29) is 12.5 Å². The molecule has 28 heavy (non-hydrogen) atoms. The maximum Gasteiger partial charge on any atom is 0.341 e. The van der Waals surface area contributed by atoms with E-state index < -0.39 is 12.6 Å². The van der Waals surface area contributed by atoms with Gasteiger partial charge in [-0.3, -0.25) is 4.79 Å². The van der Waals surface area contributed by atoms with E-state index in [1.54, 1.807) is 24.3 Å². The van der Waals surface area contributed by atoms with Crippen LogP contribution in [0.15, 0.2) is 71.8 Å². The molecule has 7 heteroatoms. The van der Waals surface area contributed by atoms with Crippen LogP contribution >= 0.6 is 0 Å². The van der Waals surface area contributed by atoms with Crippen molar-refractivity contribution in [2.75, 3.05) is 18.5 Å². The maximum atomic E-state index is 12.0. The van der Waals surface area contributed by atoms with Crippen LogP contribution in [0.1, 0.15) is 5.56 Å². The Morgan fingerprint density at radius 1 is 1.00 bits per heavy atom. The smallest absolute Gasteiger partial charge is 0.341 e. The molecule has 1 amide bonds. The number of carbonyl (C=O) groups excluding carboxylic acids is 1. The first-order valence-electron chi connectivity index (χ1n) is 8.60. The molecule has 0 heterocycles.